The van der Waals surface area contributed by atoms with Gasteiger partial charge in [0.25, 0.3) is 5.91 Å². The molecule has 3 heterocycles. The van der Waals surface area contributed by atoms with Crippen molar-refractivity contribution in [1.82, 2.24) is 19.7 Å². The van der Waals surface area contributed by atoms with Gasteiger partial charge in [-0.3, -0.25) is 4.79 Å². The van der Waals surface area contributed by atoms with E-state index in [1.54, 1.807) is 11.5 Å². The predicted molar refractivity (Wildman–Crippen MR) is 96.5 cm³/mol. The summed E-state index contributed by atoms with van der Waals surface area (Å²) < 4.78 is 7.66. The summed E-state index contributed by atoms with van der Waals surface area (Å²) in [5, 5.41) is 18.6. The molecular weight excluding hydrogens is 348 g/mol. The highest BCUT2D eigenvalue weighted by Gasteiger charge is 2.38. The number of furan rings is 1. The topological polar surface area (TPSA) is 101 Å². The van der Waals surface area contributed by atoms with Gasteiger partial charge in [0.15, 0.2) is 11.6 Å². The Morgan fingerprint density at radius 3 is 2.52 bits per heavy atom. The Balaban J connectivity index is 1.81. The van der Waals surface area contributed by atoms with Gasteiger partial charge in [-0.2, -0.15) is 0 Å². The smallest absolute Gasteiger partial charge is 0.328 e. The molecule has 1 amide bonds. The van der Waals surface area contributed by atoms with Crippen molar-refractivity contribution < 1.29 is 19.1 Å². The van der Waals surface area contributed by atoms with Gasteiger partial charge in [-0.05, 0) is 38.8 Å². The molecule has 0 bridgehead atoms. The molecule has 0 fully saturated rings. The fourth-order valence-electron chi connectivity index (χ4n) is 3.75. The molecule has 8 heteroatoms. The van der Waals surface area contributed by atoms with E-state index < -0.39 is 17.9 Å². The number of fused-ring (bicyclic) bond motifs is 2. The van der Waals surface area contributed by atoms with Crippen molar-refractivity contribution in [3.05, 3.63) is 46.2 Å². The number of hydrogen-bond acceptors (Lipinski definition) is 5. The molecule has 8 nitrogen and oxygen atoms in total. The van der Waals surface area contributed by atoms with Crippen molar-refractivity contribution in [2.75, 3.05) is 0 Å². The first kappa shape index (κ1) is 17.3. The van der Waals surface area contributed by atoms with Crippen LogP contribution in [0, 0.1) is 27.7 Å². The summed E-state index contributed by atoms with van der Waals surface area (Å²) >= 11 is 0. The van der Waals surface area contributed by atoms with Gasteiger partial charge in [0, 0.05) is 10.9 Å². The third-order valence-corrected chi connectivity index (χ3v) is 5.28. The van der Waals surface area contributed by atoms with E-state index in [0.717, 1.165) is 22.1 Å². The van der Waals surface area contributed by atoms with Gasteiger partial charge in [0.2, 0.25) is 0 Å². The number of carboxylic acid groups (broad SMARTS) is 1. The van der Waals surface area contributed by atoms with E-state index in [2.05, 4.69) is 10.2 Å². The van der Waals surface area contributed by atoms with Crippen molar-refractivity contribution in [1.29, 1.82) is 0 Å². The first-order valence-corrected chi connectivity index (χ1v) is 8.71. The van der Waals surface area contributed by atoms with Crippen LogP contribution in [0.2, 0.25) is 0 Å². The van der Waals surface area contributed by atoms with Crippen molar-refractivity contribution in [2.45, 2.75) is 46.8 Å². The van der Waals surface area contributed by atoms with Gasteiger partial charge in [-0.15, -0.1) is 10.2 Å². The van der Waals surface area contributed by atoms with E-state index in [1.807, 2.05) is 32.9 Å². The van der Waals surface area contributed by atoms with Crippen LogP contribution in [0.1, 0.15) is 38.9 Å². The van der Waals surface area contributed by atoms with Crippen LogP contribution < -0.4 is 0 Å². The second-order valence-corrected chi connectivity index (χ2v) is 7.02. The van der Waals surface area contributed by atoms with Gasteiger partial charge in [-0.25, -0.2) is 4.79 Å². The maximum atomic E-state index is 13.3. The van der Waals surface area contributed by atoms with Gasteiger partial charge in [0.05, 0.1) is 13.1 Å². The first-order valence-electron chi connectivity index (χ1n) is 8.71. The lowest BCUT2D eigenvalue weighted by Crippen LogP contribution is -2.50. The Hall–Kier alpha value is -3.16. The van der Waals surface area contributed by atoms with Crippen LogP contribution in [-0.4, -0.2) is 42.7 Å². The quantitative estimate of drug-likeness (QED) is 0.745. The van der Waals surface area contributed by atoms with E-state index in [4.69, 9.17) is 4.42 Å². The summed E-state index contributed by atoms with van der Waals surface area (Å²) in [4.78, 5) is 26.4. The third-order valence-electron chi connectivity index (χ3n) is 5.28. The number of aryl methyl sites for hydroxylation is 4. The Kier molecular flexibility index (Phi) is 3.80. The Labute approximate surface area is 155 Å². The van der Waals surface area contributed by atoms with Crippen LogP contribution in [0.15, 0.2) is 16.5 Å². The molecule has 0 spiro atoms. The second kappa shape index (κ2) is 5.94. The number of hydrogen-bond donors (Lipinski definition) is 1. The Morgan fingerprint density at radius 2 is 1.85 bits per heavy atom. The van der Waals surface area contributed by atoms with E-state index in [-0.39, 0.29) is 18.8 Å². The molecule has 1 N–H and O–H groups in total. The minimum absolute atomic E-state index is 0.0745. The van der Waals surface area contributed by atoms with Crippen molar-refractivity contribution in [3.8, 4) is 0 Å². The fourth-order valence-corrected chi connectivity index (χ4v) is 3.75. The monoisotopic (exact) mass is 368 g/mol. The van der Waals surface area contributed by atoms with Gasteiger partial charge < -0.3 is 19.0 Å². The van der Waals surface area contributed by atoms with Crippen molar-refractivity contribution >= 4 is 22.8 Å². The zero-order chi connectivity index (χ0) is 19.5. The van der Waals surface area contributed by atoms with Gasteiger partial charge >= 0.3 is 5.97 Å². The summed E-state index contributed by atoms with van der Waals surface area (Å²) in [6.45, 7) is 7.67. The standard InChI is InChI=1S/C19H20N4O4/c1-9-5-6-10(2)16-15(9)11(3)17(27-16)18(24)23-8-14-21-20-12(4)22(14)7-13(23)19(25)26/h5-6,13H,7-8H2,1-4H3,(H,25,26). The predicted octanol–water partition coefficient (Wildman–Crippen LogP) is 2.37. The second-order valence-electron chi connectivity index (χ2n) is 7.02. The summed E-state index contributed by atoms with van der Waals surface area (Å²) in [6, 6.07) is 2.93. The lowest BCUT2D eigenvalue weighted by Gasteiger charge is -2.33. The van der Waals surface area contributed by atoms with E-state index in [9.17, 15) is 14.7 Å². The highest BCUT2D eigenvalue weighted by Crippen LogP contribution is 2.32. The number of benzene rings is 1. The number of rotatable bonds is 2. The largest absolute Gasteiger partial charge is 0.480 e. The summed E-state index contributed by atoms with van der Waals surface area (Å²) in [7, 11) is 0. The maximum absolute atomic E-state index is 13.3. The Bertz CT molecular complexity index is 1100. The summed E-state index contributed by atoms with van der Waals surface area (Å²) in [6.07, 6.45) is 0. The van der Waals surface area contributed by atoms with Crippen LogP contribution in [-0.2, 0) is 17.9 Å². The molecule has 0 aliphatic carbocycles. The number of aliphatic carboxylic acids is 1. The van der Waals surface area contributed by atoms with Crippen LogP contribution in [0.3, 0.4) is 0 Å². The molecule has 0 saturated heterocycles. The summed E-state index contributed by atoms with van der Waals surface area (Å²) in [5.74, 6) is -0.127. The fraction of sp³-hybridized carbons (Fsp3) is 0.368. The third kappa shape index (κ3) is 2.51. The van der Waals surface area contributed by atoms with E-state index >= 15 is 0 Å². The minimum atomic E-state index is -1.07. The number of nitrogens with zero attached hydrogens (tertiary/aromatic N) is 4. The SMILES string of the molecule is Cc1ccc(C)c2c(C)c(C(=O)N3Cc4nnc(C)n4CC3C(=O)O)oc12. The minimum Gasteiger partial charge on any atom is -0.480 e. The molecule has 1 unspecified atom stereocenters. The first-order chi connectivity index (χ1) is 12.8. The zero-order valence-electron chi connectivity index (χ0n) is 15.6. The Morgan fingerprint density at radius 1 is 1.15 bits per heavy atom. The maximum Gasteiger partial charge on any atom is 0.328 e. The lowest BCUT2D eigenvalue weighted by atomic mass is 10.0. The van der Waals surface area contributed by atoms with Crippen LogP contribution >= 0.6 is 0 Å². The number of carboxylic acids is 1. The highest BCUT2D eigenvalue weighted by atomic mass is 16.4. The number of aromatic nitrogens is 3. The van der Waals surface area contributed by atoms with Crippen LogP contribution in [0.25, 0.3) is 11.0 Å². The normalized spacial score (nSPS) is 16.6. The molecule has 1 atom stereocenters. The van der Waals surface area contributed by atoms with Gasteiger partial charge in [-0.1, -0.05) is 12.1 Å². The number of carbonyl (C=O) groups is 2. The van der Waals surface area contributed by atoms with Crippen molar-refractivity contribution in [3.63, 3.8) is 0 Å². The molecule has 27 heavy (non-hydrogen) atoms. The van der Waals surface area contributed by atoms with E-state index in [0.29, 0.717) is 17.2 Å². The molecule has 0 radical (unpaired) electrons. The van der Waals surface area contributed by atoms with Crippen LogP contribution in [0.5, 0.6) is 0 Å². The average Bonchev–Trinajstić information content (AvgIpc) is 3.18. The molecule has 1 aliphatic heterocycles. The zero-order valence-corrected chi connectivity index (χ0v) is 15.6. The van der Waals surface area contributed by atoms with Crippen molar-refractivity contribution in [2.24, 2.45) is 0 Å². The number of carbonyl (C=O) groups excluding carboxylic acids is 1. The molecule has 140 valence electrons. The number of amides is 1. The van der Waals surface area contributed by atoms with Crippen LogP contribution in [0.4, 0.5) is 0 Å². The molecule has 2 aromatic heterocycles. The van der Waals surface area contributed by atoms with E-state index in [1.165, 1.54) is 4.90 Å². The lowest BCUT2D eigenvalue weighted by molar-refractivity contribution is -0.143. The summed E-state index contributed by atoms with van der Waals surface area (Å²) in [5.41, 5.74) is 3.34. The molecule has 1 aliphatic rings. The highest BCUT2D eigenvalue weighted by molar-refractivity contribution is 6.01. The van der Waals surface area contributed by atoms with Gasteiger partial charge in [0.1, 0.15) is 17.4 Å². The molecule has 1 aromatic carbocycles. The molecule has 0 saturated carbocycles. The average molecular weight is 368 g/mol. The molecule has 3 aromatic rings. The molecule has 4 rings (SSSR count). The molecular formula is C19H20N4O4.